The van der Waals surface area contributed by atoms with Crippen LogP contribution in [-0.4, -0.2) is 60.9 Å². The predicted octanol–water partition coefficient (Wildman–Crippen LogP) is 5.55. The minimum Gasteiger partial charge on any atom is -0.350 e. The molecule has 1 aliphatic heterocycles. The van der Waals surface area contributed by atoms with Gasteiger partial charge in [-0.2, -0.15) is 0 Å². The molecule has 2 aliphatic rings. The first-order chi connectivity index (χ1) is 24.2. The van der Waals surface area contributed by atoms with Crippen molar-refractivity contribution in [2.24, 2.45) is 11.5 Å². The minimum atomic E-state index is -0.839. The maximum absolute atomic E-state index is 14.4. The first kappa shape index (κ1) is 38.1. The zero-order valence-electron chi connectivity index (χ0n) is 28.4. The SMILES string of the molecule is CN1C(=O)[C@H](CCCCN)NC(=O)[C@H](CCCN)NCc2cc(Br)ccc2Sc2c(Cl)cccc2CNC(=O)[C@@H]1CC1=CCc2ccccc21. The lowest BCUT2D eigenvalue weighted by Crippen LogP contribution is -2.56. The zero-order chi connectivity index (χ0) is 35.6. The molecule has 0 bridgehead atoms. The standard InChI is InChI=1S/C38H46BrClN6O3S/c1-46-33(21-25-15-14-24-8-2-3-10-29(24)25)37(48)44-22-26-9-6-11-30(40)35(26)50-34-17-16-28(39)20-27(34)23-43-31(13-7-19-42)36(47)45-32(38(46)49)12-4-5-18-41/h2-3,6,8-11,15-17,20,31-33,43H,4-5,7,12-14,18-19,21-23,41-42H2,1H3,(H,44,48)(H,45,47)/t31-,32-,33-/m0/s1. The molecule has 0 radical (unpaired) electrons. The molecule has 0 unspecified atom stereocenters. The van der Waals surface area contributed by atoms with Crippen LogP contribution in [0.4, 0.5) is 0 Å². The first-order valence-corrected chi connectivity index (χ1v) is 19.2. The summed E-state index contributed by atoms with van der Waals surface area (Å²) in [4.78, 5) is 45.9. The van der Waals surface area contributed by atoms with Crippen molar-refractivity contribution in [3.8, 4) is 0 Å². The van der Waals surface area contributed by atoms with Gasteiger partial charge in [0.2, 0.25) is 17.7 Å². The molecule has 5 rings (SSSR count). The molecule has 0 saturated heterocycles. The largest absolute Gasteiger partial charge is 0.350 e. The van der Waals surface area contributed by atoms with E-state index in [1.54, 1.807) is 7.05 Å². The van der Waals surface area contributed by atoms with Gasteiger partial charge >= 0.3 is 0 Å². The van der Waals surface area contributed by atoms with E-state index < -0.39 is 18.1 Å². The van der Waals surface area contributed by atoms with E-state index in [-0.39, 0.29) is 24.3 Å². The summed E-state index contributed by atoms with van der Waals surface area (Å²) >= 11 is 11.9. The maximum Gasteiger partial charge on any atom is 0.245 e. The van der Waals surface area contributed by atoms with Crippen molar-refractivity contribution in [3.63, 3.8) is 0 Å². The highest BCUT2D eigenvalue weighted by Crippen LogP contribution is 2.39. The number of hydrogen-bond donors (Lipinski definition) is 5. The van der Waals surface area contributed by atoms with Crippen molar-refractivity contribution in [1.29, 1.82) is 0 Å². The quantitative estimate of drug-likeness (QED) is 0.179. The number of carbonyl (C=O) groups is 3. The molecule has 266 valence electrons. The lowest BCUT2D eigenvalue weighted by molar-refractivity contribution is -0.142. The first-order valence-electron chi connectivity index (χ1n) is 17.2. The van der Waals surface area contributed by atoms with Crippen molar-refractivity contribution >= 4 is 62.6 Å². The number of benzene rings is 3. The van der Waals surface area contributed by atoms with Gasteiger partial charge in [0.25, 0.3) is 0 Å². The molecule has 3 amide bonds. The average molecular weight is 782 g/mol. The number of fused-ring (bicyclic) bond motifs is 3. The Morgan fingerprint density at radius 2 is 1.64 bits per heavy atom. The number of likely N-dealkylation sites (N-methyl/N-ethyl adjacent to an activating group) is 1. The van der Waals surface area contributed by atoms with Crippen LogP contribution < -0.4 is 27.4 Å². The molecule has 0 saturated carbocycles. The Balaban J connectivity index is 1.55. The molecule has 1 heterocycles. The summed E-state index contributed by atoms with van der Waals surface area (Å²) in [5.74, 6) is -0.893. The summed E-state index contributed by atoms with van der Waals surface area (Å²) < 4.78 is 0.902. The summed E-state index contributed by atoms with van der Waals surface area (Å²) in [6.45, 7) is 1.52. The van der Waals surface area contributed by atoms with Gasteiger partial charge in [-0.05, 0) is 104 Å². The summed E-state index contributed by atoms with van der Waals surface area (Å²) in [6, 6.07) is 17.6. The van der Waals surface area contributed by atoms with Gasteiger partial charge in [-0.25, -0.2) is 0 Å². The van der Waals surface area contributed by atoms with Crippen LogP contribution in [0.1, 0.15) is 60.8 Å². The normalized spacial score (nSPS) is 20.3. The van der Waals surface area contributed by atoms with Crippen molar-refractivity contribution in [3.05, 3.63) is 98.5 Å². The molecule has 50 heavy (non-hydrogen) atoms. The fraction of sp³-hybridized carbons (Fsp3) is 0.395. The molecule has 12 heteroatoms. The number of halogens is 2. The minimum absolute atomic E-state index is 0.220. The van der Waals surface area contributed by atoms with Gasteiger partial charge < -0.3 is 32.3 Å². The highest BCUT2D eigenvalue weighted by atomic mass is 79.9. The van der Waals surface area contributed by atoms with Crippen LogP contribution >= 0.6 is 39.3 Å². The monoisotopic (exact) mass is 780 g/mol. The second-order valence-electron chi connectivity index (χ2n) is 12.8. The van der Waals surface area contributed by atoms with E-state index in [9.17, 15) is 14.4 Å². The molecule has 1 aliphatic carbocycles. The van der Waals surface area contributed by atoms with E-state index in [0.29, 0.717) is 63.2 Å². The number of unbranched alkanes of at least 4 members (excludes halogenated alkanes) is 1. The Morgan fingerprint density at radius 1 is 0.880 bits per heavy atom. The van der Waals surface area contributed by atoms with Crippen molar-refractivity contribution in [2.45, 2.75) is 86.0 Å². The van der Waals surface area contributed by atoms with E-state index in [0.717, 1.165) is 42.9 Å². The van der Waals surface area contributed by atoms with Crippen LogP contribution in [0.25, 0.3) is 5.57 Å². The van der Waals surface area contributed by atoms with Crippen LogP contribution in [0.2, 0.25) is 5.02 Å². The van der Waals surface area contributed by atoms with Gasteiger partial charge in [-0.1, -0.05) is 81.8 Å². The van der Waals surface area contributed by atoms with E-state index in [1.807, 2.05) is 48.5 Å². The summed E-state index contributed by atoms with van der Waals surface area (Å²) in [7, 11) is 1.66. The number of nitrogens with zero attached hydrogens (tertiary/aromatic N) is 1. The molecule has 3 aromatic carbocycles. The van der Waals surface area contributed by atoms with E-state index in [4.69, 9.17) is 23.1 Å². The van der Waals surface area contributed by atoms with Crippen LogP contribution in [0.15, 0.2) is 81.0 Å². The van der Waals surface area contributed by atoms with Crippen molar-refractivity contribution in [1.82, 2.24) is 20.9 Å². The van der Waals surface area contributed by atoms with Gasteiger partial charge in [-0.15, -0.1) is 0 Å². The number of hydrogen-bond acceptors (Lipinski definition) is 7. The third kappa shape index (κ3) is 9.57. The fourth-order valence-electron chi connectivity index (χ4n) is 6.47. The third-order valence-corrected chi connectivity index (χ3v) is 11.5. The number of nitrogens with one attached hydrogen (secondary N) is 3. The van der Waals surface area contributed by atoms with Gasteiger partial charge in [0, 0.05) is 40.8 Å². The Bertz CT molecular complexity index is 1720. The second kappa shape index (κ2) is 18.3. The van der Waals surface area contributed by atoms with Gasteiger partial charge in [0.1, 0.15) is 12.1 Å². The number of rotatable bonds is 9. The number of allylic oxidation sites excluding steroid dienone is 1. The van der Waals surface area contributed by atoms with E-state index >= 15 is 0 Å². The van der Waals surface area contributed by atoms with Crippen LogP contribution in [0.5, 0.6) is 0 Å². The van der Waals surface area contributed by atoms with Crippen LogP contribution in [0.3, 0.4) is 0 Å². The van der Waals surface area contributed by atoms with E-state index in [1.165, 1.54) is 22.2 Å². The van der Waals surface area contributed by atoms with Crippen molar-refractivity contribution in [2.75, 3.05) is 20.1 Å². The van der Waals surface area contributed by atoms with Crippen molar-refractivity contribution < 1.29 is 14.4 Å². The third-order valence-electron chi connectivity index (χ3n) is 9.31. The summed E-state index contributed by atoms with van der Waals surface area (Å²) in [5.41, 5.74) is 16.8. The number of carbonyl (C=O) groups excluding carboxylic acids is 3. The Labute approximate surface area is 312 Å². The summed E-state index contributed by atoms with van der Waals surface area (Å²) in [6.07, 6.45) is 6.10. The highest BCUT2D eigenvalue weighted by Gasteiger charge is 2.34. The number of amides is 3. The topological polar surface area (TPSA) is 143 Å². The molecule has 0 fully saturated rings. The molecule has 3 aromatic rings. The fourth-order valence-corrected chi connectivity index (χ4v) is 8.24. The van der Waals surface area contributed by atoms with E-state index in [2.05, 4.69) is 50.1 Å². The Morgan fingerprint density at radius 3 is 2.44 bits per heavy atom. The molecule has 0 aromatic heterocycles. The predicted molar refractivity (Wildman–Crippen MR) is 205 cm³/mol. The Hall–Kier alpha value is -3.19. The molecular weight excluding hydrogens is 736 g/mol. The molecule has 7 N–H and O–H groups in total. The zero-order valence-corrected chi connectivity index (χ0v) is 31.5. The lowest BCUT2D eigenvalue weighted by Gasteiger charge is -2.32. The molecule has 0 spiro atoms. The Kier molecular flexibility index (Phi) is 14.0. The van der Waals surface area contributed by atoms with Gasteiger partial charge in [-0.3, -0.25) is 14.4 Å². The maximum atomic E-state index is 14.4. The number of nitrogens with two attached hydrogens (primary N) is 2. The van der Waals surface area contributed by atoms with Crippen LogP contribution in [-0.2, 0) is 33.9 Å². The second-order valence-corrected chi connectivity index (χ2v) is 15.1. The molecule has 9 nitrogen and oxygen atoms in total. The van der Waals surface area contributed by atoms with Crippen LogP contribution in [0, 0.1) is 0 Å². The smallest absolute Gasteiger partial charge is 0.245 e. The lowest BCUT2D eigenvalue weighted by atomic mass is 9.97. The van der Waals surface area contributed by atoms with Gasteiger partial charge in [0.05, 0.1) is 11.1 Å². The molecule has 3 atom stereocenters. The molecular formula is C38H46BrClN6O3S. The highest BCUT2D eigenvalue weighted by molar-refractivity contribution is 9.10. The van der Waals surface area contributed by atoms with Gasteiger partial charge in [0.15, 0.2) is 0 Å². The average Bonchev–Trinajstić information content (AvgIpc) is 3.52. The summed E-state index contributed by atoms with van der Waals surface area (Å²) in [5, 5.41) is 10.2.